The van der Waals surface area contributed by atoms with E-state index in [9.17, 15) is 14.7 Å². The number of anilines is 1. The van der Waals surface area contributed by atoms with Gasteiger partial charge in [0.15, 0.2) is 0 Å². The number of para-hydroxylation sites is 1. The Bertz CT molecular complexity index is 626. The zero-order chi connectivity index (χ0) is 13.9. The number of carbonyl (C=O) groups is 2. The molecule has 5 heteroatoms. The summed E-state index contributed by atoms with van der Waals surface area (Å²) >= 11 is 0. The van der Waals surface area contributed by atoms with Gasteiger partial charge in [-0.1, -0.05) is 30.4 Å². The van der Waals surface area contributed by atoms with Crippen LogP contribution in [0.2, 0.25) is 0 Å². The van der Waals surface area contributed by atoms with Gasteiger partial charge in [0, 0.05) is 5.69 Å². The molecule has 3 aliphatic heterocycles. The Kier molecular flexibility index (Phi) is 2.16. The molecule has 0 aromatic heterocycles. The van der Waals surface area contributed by atoms with Crippen LogP contribution < -0.4 is 4.90 Å². The highest BCUT2D eigenvalue weighted by Gasteiger charge is 2.67. The van der Waals surface area contributed by atoms with Gasteiger partial charge in [0.25, 0.3) is 0 Å². The number of hydrogen-bond donors (Lipinski definition) is 1. The molecule has 1 aromatic rings. The Morgan fingerprint density at radius 3 is 2.80 bits per heavy atom. The van der Waals surface area contributed by atoms with Gasteiger partial charge in [0.05, 0.1) is 18.6 Å². The molecule has 20 heavy (non-hydrogen) atoms. The molecule has 1 N–H and O–H groups in total. The highest BCUT2D eigenvalue weighted by molar-refractivity contribution is 6.02. The number of fused-ring (bicyclic) bond motifs is 1. The van der Waals surface area contributed by atoms with Crippen molar-refractivity contribution < 1.29 is 19.4 Å². The molecular formula is C15H13NO4. The first kappa shape index (κ1) is 11.7. The van der Waals surface area contributed by atoms with Crippen LogP contribution in [0.5, 0.6) is 0 Å². The van der Waals surface area contributed by atoms with E-state index in [1.165, 1.54) is 0 Å². The maximum atomic E-state index is 12.6. The Hall–Kier alpha value is -2.14. The van der Waals surface area contributed by atoms with Gasteiger partial charge in [-0.3, -0.25) is 9.59 Å². The maximum absolute atomic E-state index is 12.6. The Balaban J connectivity index is 1.76. The molecular weight excluding hydrogens is 258 g/mol. The zero-order valence-corrected chi connectivity index (χ0v) is 10.6. The van der Waals surface area contributed by atoms with Crippen LogP contribution in [-0.2, 0) is 14.3 Å². The summed E-state index contributed by atoms with van der Waals surface area (Å²) in [4.78, 5) is 25.7. The van der Waals surface area contributed by atoms with Crippen molar-refractivity contribution in [1.82, 2.24) is 0 Å². The first-order valence-corrected chi connectivity index (χ1v) is 6.59. The van der Waals surface area contributed by atoms with Crippen LogP contribution in [0.1, 0.15) is 0 Å². The minimum absolute atomic E-state index is 0.157. The van der Waals surface area contributed by atoms with E-state index in [-0.39, 0.29) is 5.91 Å². The lowest BCUT2D eigenvalue weighted by atomic mass is 9.77. The number of aliphatic carboxylic acids is 1. The topological polar surface area (TPSA) is 66.8 Å². The molecule has 0 unspecified atom stereocenters. The molecule has 0 saturated carbocycles. The number of amides is 1. The number of nitrogens with zero attached hydrogens (tertiary/aromatic N) is 1. The van der Waals surface area contributed by atoms with Crippen LogP contribution in [-0.4, -0.2) is 35.2 Å². The Labute approximate surface area is 115 Å². The lowest BCUT2D eigenvalue weighted by molar-refractivity contribution is -0.146. The molecule has 0 aliphatic carbocycles. The fourth-order valence-electron chi connectivity index (χ4n) is 3.61. The van der Waals surface area contributed by atoms with Gasteiger partial charge in [0.1, 0.15) is 11.5 Å². The molecule has 1 spiro atoms. The van der Waals surface area contributed by atoms with Crippen LogP contribution in [0.3, 0.4) is 0 Å². The SMILES string of the molecule is O=C(O)[C@H]1[C@H]2C=C[C@@]3(CN(c4ccccc4)C(=O)[C@@H]13)O2. The molecule has 102 valence electrons. The number of carboxylic acids is 1. The molecule has 3 aliphatic rings. The molecule has 4 atom stereocenters. The molecule has 2 fully saturated rings. The minimum atomic E-state index is -0.963. The van der Waals surface area contributed by atoms with E-state index in [1.54, 1.807) is 11.0 Å². The van der Waals surface area contributed by atoms with Gasteiger partial charge in [-0.05, 0) is 12.1 Å². The van der Waals surface area contributed by atoms with Crippen molar-refractivity contribution in [2.75, 3.05) is 11.4 Å². The monoisotopic (exact) mass is 271 g/mol. The summed E-state index contributed by atoms with van der Waals surface area (Å²) in [6.45, 7) is 0.386. The second-order valence-corrected chi connectivity index (χ2v) is 5.50. The molecule has 2 saturated heterocycles. The standard InChI is InChI=1S/C15H13NO4/c17-13-12-11(14(18)19)10-6-7-15(12,20-10)8-16(13)9-4-2-1-3-5-9/h1-7,10-12H,8H2,(H,18,19)/t10-,11+,12-,15+/m1/s1. The summed E-state index contributed by atoms with van der Waals surface area (Å²) < 4.78 is 5.83. The van der Waals surface area contributed by atoms with Gasteiger partial charge in [-0.2, -0.15) is 0 Å². The lowest BCUT2D eigenvalue weighted by Gasteiger charge is -2.21. The predicted octanol–water partition coefficient (Wildman–Crippen LogP) is 1.06. The predicted molar refractivity (Wildman–Crippen MR) is 70.2 cm³/mol. The average Bonchev–Trinajstić information content (AvgIpc) is 3.08. The summed E-state index contributed by atoms with van der Waals surface area (Å²) in [6, 6.07) is 9.29. The van der Waals surface area contributed by atoms with Crippen LogP contribution in [0.15, 0.2) is 42.5 Å². The van der Waals surface area contributed by atoms with Crippen molar-refractivity contribution in [3.63, 3.8) is 0 Å². The van der Waals surface area contributed by atoms with Crippen molar-refractivity contribution in [2.45, 2.75) is 11.7 Å². The van der Waals surface area contributed by atoms with Gasteiger partial charge in [0.2, 0.25) is 5.91 Å². The summed E-state index contributed by atoms with van der Waals surface area (Å²) in [7, 11) is 0. The van der Waals surface area contributed by atoms with E-state index in [0.717, 1.165) is 5.69 Å². The smallest absolute Gasteiger partial charge is 0.310 e. The van der Waals surface area contributed by atoms with Crippen molar-refractivity contribution in [3.05, 3.63) is 42.5 Å². The molecule has 5 nitrogen and oxygen atoms in total. The number of carbonyl (C=O) groups excluding carboxylic acids is 1. The fourth-order valence-corrected chi connectivity index (χ4v) is 3.61. The second kappa shape index (κ2) is 3.70. The summed E-state index contributed by atoms with van der Waals surface area (Å²) in [5.74, 6) is -2.51. The van der Waals surface area contributed by atoms with E-state index in [4.69, 9.17) is 4.74 Å². The third-order valence-electron chi connectivity index (χ3n) is 4.45. The molecule has 1 amide bonds. The van der Waals surface area contributed by atoms with E-state index >= 15 is 0 Å². The highest BCUT2D eigenvalue weighted by Crippen LogP contribution is 2.52. The second-order valence-electron chi connectivity index (χ2n) is 5.50. The maximum Gasteiger partial charge on any atom is 0.310 e. The first-order chi connectivity index (χ1) is 9.62. The molecule has 4 rings (SSSR count). The van der Waals surface area contributed by atoms with E-state index in [2.05, 4.69) is 0 Å². The quantitative estimate of drug-likeness (QED) is 0.817. The molecule has 3 heterocycles. The highest BCUT2D eigenvalue weighted by atomic mass is 16.5. The van der Waals surface area contributed by atoms with Gasteiger partial charge in [-0.25, -0.2) is 0 Å². The van der Waals surface area contributed by atoms with Crippen molar-refractivity contribution in [2.24, 2.45) is 11.8 Å². The van der Waals surface area contributed by atoms with Crippen LogP contribution >= 0.6 is 0 Å². The van der Waals surface area contributed by atoms with Gasteiger partial charge < -0.3 is 14.7 Å². The summed E-state index contributed by atoms with van der Waals surface area (Å²) in [5.41, 5.74) is 0.0200. The third kappa shape index (κ3) is 1.30. The fraction of sp³-hybridized carbons (Fsp3) is 0.333. The number of carboxylic acid groups (broad SMARTS) is 1. The summed E-state index contributed by atoms with van der Waals surface area (Å²) in [6.07, 6.45) is 3.17. The van der Waals surface area contributed by atoms with Crippen molar-refractivity contribution >= 4 is 17.6 Å². The van der Waals surface area contributed by atoms with Crippen LogP contribution in [0.4, 0.5) is 5.69 Å². The third-order valence-corrected chi connectivity index (χ3v) is 4.45. The molecule has 1 aromatic carbocycles. The number of ether oxygens (including phenoxy) is 1. The number of rotatable bonds is 2. The Morgan fingerprint density at radius 1 is 1.35 bits per heavy atom. The van der Waals surface area contributed by atoms with Gasteiger partial charge >= 0.3 is 5.97 Å². The minimum Gasteiger partial charge on any atom is -0.481 e. The largest absolute Gasteiger partial charge is 0.481 e. The molecule has 0 radical (unpaired) electrons. The zero-order valence-electron chi connectivity index (χ0n) is 10.6. The first-order valence-electron chi connectivity index (χ1n) is 6.59. The van der Waals surface area contributed by atoms with Crippen LogP contribution in [0.25, 0.3) is 0 Å². The molecule has 2 bridgehead atoms. The van der Waals surface area contributed by atoms with E-state index < -0.39 is 29.5 Å². The Morgan fingerprint density at radius 2 is 2.10 bits per heavy atom. The van der Waals surface area contributed by atoms with Crippen molar-refractivity contribution in [1.29, 1.82) is 0 Å². The van der Waals surface area contributed by atoms with E-state index in [0.29, 0.717) is 6.54 Å². The number of hydrogen-bond acceptors (Lipinski definition) is 3. The van der Waals surface area contributed by atoms with Crippen molar-refractivity contribution in [3.8, 4) is 0 Å². The van der Waals surface area contributed by atoms with Crippen LogP contribution in [0, 0.1) is 11.8 Å². The van der Waals surface area contributed by atoms with Gasteiger partial charge in [-0.15, -0.1) is 0 Å². The van der Waals surface area contributed by atoms with E-state index in [1.807, 2.05) is 36.4 Å². The lowest BCUT2D eigenvalue weighted by Crippen LogP contribution is -2.39. The summed E-state index contributed by atoms with van der Waals surface area (Å²) in [5, 5.41) is 9.37. The normalized spacial score (nSPS) is 37.5. The number of benzene rings is 1. The average molecular weight is 271 g/mol.